The van der Waals surface area contributed by atoms with E-state index in [4.69, 9.17) is 4.74 Å². The highest BCUT2D eigenvalue weighted by molar-refractivity contribution is 8.00. The van der Waals surface area contributed by atoms with E-state index in [1.54, 1.807) is 13.8 Å². The summed E-state index contributed by atoms with van der Waals surface area (Å²) in [6.45, 7) is 4.91. The number of benzene rings is 1. The molecule has 0 radical (unpaired) electrons. The molecule has 29 heavy (non-hydrogen) atoms. The second kappa shape index (κ2) is 9.52. The van der Waals surface area contributed by atoms with Crippen LogP contribution in [0.1, 0.15) is 20.8 Å². The largest absolute Gasteiger partial charge is 0.481 e. The molecule has 0 bridgehead atoms. The highest BCUT2D eigenvalue weighted by Gasteiger charge is 2.48. The minimum absolute atomic E-state index is 0.000239. The third kappa shape index (κ3) is 5.88. The maximum atomic E-state index is 13.0. The van der Waals surface area contributed by atoms with Crippen LogP contribution in [0.25, 0.3) is 0 Å². The van der Waals surface area contributed by atoms with Gasteiger partial charge in [0.1, 0.15) is 18.4 Å². The van der Waals surface area contributed by atoms with Crippen molar-refractivity contribution in [3.63, 3.8) is 0 Å². The van der Waals surface area contributed by atoms with Crippen LogP contribution in [0.3, 0.4) is 0 Å². The Morgan fingerprint density at radius 1 is 1.24 bits per heavy atom. The number of ether oxygens (including phenoxy) is 2. The molecule has 1 heterocycles. The maximum Gasteiger partial charge on any atom is 0.323 e. The normalized spacial score (nSPS) is 18.9. The molecule has 0 aliphatic carbocycles. The molecule has 1 saturated heterocycles. The van der Waals surface area contributed by atoms with E-state index in [2.05, 4.69) is 16.6 Å². The SMILES string of the molecule is CC(=O)OCC#CCOc1ccc(S(=O)(=O)N2CCSC(C)(C)[C@@H]2C(=O)O)cc1. The Balaban J connectivity index is 2.09. The van der Waals surface area contributed by atoms with E-state index in [1.165, 1.54) is 43.0 Å². The van der Waals surface area contributed by atoms with Crippen LogP contribution in [0.5, 0.6) is 5.75 Å². The molecular weight excluding hydrogens is 418 g/mol. The summed E-state index contributed by atoms with van der Waals surface area (Å²) in [6, 6.07) is 4.57. The minimum atomic E-state index is -3.98. The standard InChI is InChI=1S/C19H23NO7S2/c1-14(21)26-11-4-5-12-27-15-6-8-16(9-7-15)29(24,25)20-10-13-28-19(2,3)17(20)18(22)23/h6-9,17H,10-13H2,1-3H3,(H,22,23)/t17-/m0/s1. The molecule has 1 atom stereocenters. The van der Waals surface area contributed by atoms with Gasteiger partial charge in [0.15, 0.2) is 6.61 Å². The number of nitrogens with zero attached hydrogens (tertiary/aromatic N) is 1. The molecule has 10 heteroatoms. The Kier molecular flexibility index (Phi) is 7.57. The Hall–Kier alpha value is -2.22. The van der Waals surface area contributed by atoms with Crippen LogP contribution in [0.15, 0.2) is 29.2 Å². The van der Waals surface area contributed by atoms with Gasteiger partial charge in [0.05, 0.1) is 4.90 Å². The summed E-state index contributed by atoms with van der Waals surface area (Å²) >= 11 is 1.44. The molecule has 0 unspecified atom stereocenters. The summed E-state index contributed by atoms with van der Waals surface area (Å²) in [5, 5.41) is 9.61. The number of hydrogen-bond donors (Lipinski definition) is 1. The zero-order valence-corrected chi connectivity index (χ0v) is 18.0. The topological polar surface area (TPSA) is 110 Å². The minimum Gasteiger partial charge on any atom is -0.481 e. The van der Waals surface area contributed by atoms with Crippen molar-refractivity contribution in [1.29, 1.82) is 0 Å². The zero-order valence-electron chi connectivity index (χ0n) is 16.4. The van der Waals surface area contributed by atoms with Gasteiger partial charge in [-0.3, -0.25) is 9.59 Å². The highest BCUT2D eigenvalue weighted by atomic mass is 32.2. The van der Waals surface area contributed by atoms with Gasteiger partial charge in [-0.25, -0.2) is 8.42 Å². The Morgan fingerprint density at radius 2 is 1.86 bits per heavy atom. The van der Waals surface area contributed by atoms with E-state index in [0.717, 1.165) is 4.31 Å². The quantitative estimate of drug-likeness (QED) is 0.524. The first-order valence-electron chi connectivity index (χ1n) is 8.76. The van der Waals surface area contributed by atoms with E-state index in [9.17, 15) is 23.1 Å². The van der Waals surface area contributed by atoms with E-state index in [-0.39, 0.29) is 24.7 Å². The molecule has 0 amide bonds. The first-order valence-corrected chi connectivity index (χ1v) is 11.2. The fourth-order valence-electron chi connectivity index (χ4n) is 2.84. The first-order chi connectivity index (χ1) is 13.6. The molecule has 0 saturated carbocycles. The van der Waals surface area contributed by atoms with Gasteiger partial charge < -0.3 is 14.6 Å². The molecule has 1 aliphatic heterocycles. The monoisotopic (exact) mass is 441 g/mol. The van der Waals surface area contributed by atoms with Gasteiger partial charge in [0.25, 0.3) is 0 Å². The molecule has 1 aliphatic rings. The van der Waals surface area contributed by atoms with Crippen molar-refractivity contribution < 1.29 is 32.6 Å². The van der Waals surface area contributed by atoms with Crippen molar-refractivity contribution in [2.24, 2.45) is 0 Å². The van der Waals surface area contributed by atoms with Gasteiger partial charge >= 0.3 is 11.9 Å². The van der Waals surface area contributed by atoms with Gasteiger partial charge in [0.2, 0.25) is 10.0 Å². The summed E-state index contributed by atoms with van der Waals surface area (Å²) in [6.07, 6.45) is 0. The van der Waals surface area contributed by atoms with Crippen LogP contribution in [0, 0.1) is 11.8 Å². The second-order valence-electron chi connectivity index (χ2n) is 6.70. The van der Waals surface area contributed by atoms with Crippen LogP contribution in [-0.2, 0) is 24.3 Å². The molecule has 158 valence electrons. The fourth-order valence-corrected chi connectivity index (χ4v) is 5.93. The van der Waals surface area contributed by atoms with Crippen LogP contribution in [-0.4, -0.2) is 66.1 Å². The van der Waals surface area contributed by atoms with Gasteiger partial charge in [-0.15, -0.1) is 0 Å². The average molecular weight is 442 g/mol. The molecule has 2 rings (SSSR count). The lowest BCUT2D eigenvalue weighted by molar-refractivity contribution is -0.142. The molecular formula is C19H23NO7S2. The Bertz CT molecular complexity index is 914. The van der Waals surface area contributed by atoms with E-state index in [0.29, 0.717) is 11.5 Å². The number of carbonyl (C=O) groups excluding carboxylic acids is 1. The maximum absolute atomic E-state index is 13.0. The predicted molar refractivity (Wildman–Crippen MR) is 108 cm³/mol. The summed E-state index contributed by atoms with van der Waals surface area (Å²) in [5.74, 6) is 4.62. The molecule has 0 aromatic heterocycles. The first kappa shape index (κ1) is 23.1. The van der Waals surface area contributed by atoms with Crippen LogP contribution >= 0.6 is 11.8 Å². The highest BCUT2D eigenvalue weighted by Crippen LogP contribution is 2.38. The molecule has 1 aromatic carbocycles. The second-order valence-corrected chi connectivity index (χ2v) is 10.3. The number of carboxylic acids is 1. The van der Waals surface area contributed by atoms with Crippen molar-refractivity contribution in [3.05, 3.63) is 24.3 Å². The third-order valence-corrected chi connectivity index (χ3v) is 7.41. The van der Waals surface area contributed by atoms with Gasteiger partial charge in [-0.05, 0) is 38.1 Å². The molecule has 0 spiro atoms. The number of thioether (sulfide) groups is 1. The summed E-state index contributed by atoms with van der Waals surface area (Å²) in [7, 11) is -3.98. The fraction of sp³-hybridized carbons (Fsp3) is 0.474. The molecule has 1 N–H and O–H groups in total. The van der Waals surface area contributed by atoms with E-state index < -0.39 is 32.8 Å². The zero-order chi connectivity index (χ0) is 21.7. The molecule has 8 nitrogen and oxygen atoms in total. The number of hydrogen-bond acceptors (Lipinski definition) is 7. The average Bonchev–Trinajstić information content (AvgIpc) is 2.63. The van der Waals surface area contributed by atoms with E-state index >= 15 is 0 Å². The Labute approximate surface area is 174 Å². The van der Waals surface area contributed by atoms with Crippen molar-refractivity contribution in [3.8, 4) is 17.6 Å². The summed E-state index contributed by atoms with van der Waals surface area (Å²) in [5.41, 5.74) is 0. The van der Waals surface area contributed by atoms with Gasteiger partial charge in [-0.1, -0.05) is 11.8 Å². The van der Waals surface area contributed by atoms with Crippen molar-refractivity contribution in [1.82, 2.24) is 4.31 Å². The number of sulfonamides is 1. The number of esters is 1. The summed E-state index contributed by atoms with van der Waals surface area (Å²) in [4.78, 5) is 22.4. The lowest BCUT2D eigenvalue weighted by atomic mass is 10.0. The number of aliphatic carboxylic acids is 1. The summed E-state index contributed by atoms with van der Waals surface area (Å²) < 4.78 is 36.4. The lowest BCUT2D eigenvalue weighted by Crippen LogP contribution is -2.58. The van der Waals surface area contributed by atoms with Crippen LogP contribution < -0.4 is 4.74 Å². The van der Waals surface area contributed by atoms with Crippen LogP contribution in [0.2, 0.25) is 0 Å². The van der Waals surface area contributed by atoms with Gasteiger partial charge in [-0.2, -0.15) is 16.1 Å². The number of carboxylic acid groups (broad SMARTS) is 1. The smallest absolute Gasteiger partial charge is 0.323 e. The number of rotatable bonds is 6. The predicted octanol–water partition coefficient (Wildman–Crippen LogP) is 1.60. The number of carbonyl (C=O) groups is 2. The Morgan fingerprint density at radius 3 is 2.45 bits per heavy atom. The van der Waals surface area contributed by atoms with E-state index in [1.807, 2.05) is 0 Å². The van der Waals surface area contributed by atoms with Crippen LogP contribution in [0.4, 0.5) is 0 Å². The van der Waals surface area contributed by atoms with Crippen molar-refractivity contribution >= 4 is 33.7 Å². The lowest BCUT2D eigenvalue weighted by Gasteiger charge is -2.42. The molecule has 1 aromatic rings. The third-order valence-electron chi connectivity index (χ3n) is 4.18. The van der Waals surface area contributed by atoms with Crippen molar-refractivity contribution in [2.75, 3.05) is 25.5 Å². The molecule has 1 fully saturated rings. The van der Waals surface area contributed by atoms with Gasteiger partial charge in [0, 0.05) is 24.0 Å². The van der Waals surface area contributed by atoms with Crippen molar-refractivity contribution in [2.45, 2.75) is 36.5 Å².